The van der Waals surface area contributed by atoms with Crippen molar-refractivity contribution in [3.8, 4) is 0 Å². The fourth-order valence-electron chi connectivity index (χ4n) is 2.33. The molecule has 1 fully saturated rings. The van der Waals surface area contributed by atoms with Crippen molar-refractivity contribution in [2.24, 2.45) is 5.92 Å². The third-order valence-electron chi connectivity index (χ3n) is 3.37. The molecule has 1 aromatic heterocycles. The first-order chi connectivity index (χ1) is 8.08. The number of carbonyl (C=O) groups is 1. The van der Waals surface area contributed by atoms with Crippen molar-refractivity contribution in [2.45, 2.75) is 39.7 Å². The minimum Gasteiger partial charge on any atom is -0.323 e. The van der Waals surface area contributed by atoms with E-state index >= 15 is 0 Å². The molecular formula is C12H20N4O. The first-order valence-electron chi connectivity index (χ1n) is 6.13. The van der Waals surface area contributed by atoms with Gasteiger partial charge in [-0.2, -0.15) is 5.10 Å². The molecule has 1 saturated heterocycles. The van der Waals surface area contributed by atoms with Gasteiger partial charge in [0.1, 0.15) is 0 Å². The molecule has 0 aliphatic carbocycles. The maximum absolute atomic E-state index is 12.1. The molecule has 3 N–H and O–H groups in total. The molecule has 2 rings (SSSR count). The van der Waals surface area contributed by atoms with Gasteiger partial charge in [-0.25, -0.2) is 0 Å². The van der Waals surface area contributed by atoms with Crippen LogP contribution in [-0.4, -0.2) is 28.7 Å². The molecule has 5 heteroatoms. The molecule has 5 nitrogen and oxygen atoms in total. The van der Waals surface area contributed by atoms with E-state index in [4.69, 9.17) is 0 Å². The highest BCUT2D eigenvalue weighted by Gasteiger charge is 2.25. The molecule has 0 bridgehead atoms. The van der Waals surface area contributed by atoms with Crippen LogP contribution in [0.3, 0.4) is 0 Å². The molecular weight excluding hydrogens is 216 g/mol. The SMILES string of the molecule is Cc1n[nH]c(C)c1NC(=O)C1CCNC(C)C1. The Balaban J connectivity index is 2.01. The summed E-state index contributed by atoms with van der Waals surface area (Å²) in [6.45, 7) is 6.85. The van der Waals surface area contributed by atoms with Crippen molar-refractivity contribution >= 4 is 11.6 Å². The minimum absolute atomic E-state index is 0.111. The van der Waals surface area contributed by atoms with Gasteiger partial charge >= 0.3 is 0 Å². The van der Waals surface area contributed by atoms with Crippen LogP contribution in [0, 0.1) is 19.8 Å². The van der Waals surface area contributed by atoms with Gasteiger partial charge in [0, 0.05) is 12.0 Å². The van der Waals surface area contributed by atoms with E-state index in [1.807, 2.05) is 13.8 Å². The quantitative estimate of drug-likeness (QED) is 0.726. The number of nitrogens with zero attached hydrogens (tertiary/aromatic N) is 1. The topological polar surface area (TPSA) is 69.8 Å². The predicted molar refractivity (Wildman–Crippen MR) is 66.9 cm³/mol. The highest BCUT2D eigenvalue weighted by Crippen LogP contribution is 2.21. The number of carbonyl (C=O) groups excluding carboxylic acids is 1. The second-order valence-electron chi connectivity index (χ2n) is 4.87. The smallest absolute Gasteiger partial charge is 0.227 e. The number of hydrogen-bond donors (Lipinski definition) is 3. The van der Waals surface area contributed by atoms with E-state index in [1.54, 1.807) is 0 Å². The second-order valence-corrected chi connectivity index (χ2v) is 4.87. The Bertz CT molecular complexity index is 393. The first kappa shape index (κ1) is 12.1. The molecule has 2 heterocycles. The van der Waals surface area contributed by atoms with Gasteiger partial charge in [-0.15, -0.1) is 0 Å². The molecule has 1 aromatic rings. The van der Waals surface area contributed by atoms with Gasteiger partial charge in [-0.05, 0) is 40.2 Å². The summed E-state index contributed by atoms with van der Waals surface area (Å²) < 4.78 is 0. The van der Waals surface area contributed by atoms with Gasteiger partial charge in [0.05, 0.1) is 17.1 Å². The number of hydrogen-bond acceptors (Lipinski definition) is 3. The molecule has 0 aromatic carbocycles. The Morgan fingerprint density at radius 3 is 2.82 bits per heavy atom. The van der Waals surface area contributed by atoms with Crippen LogP contribution in [0.4, 0.5) is 5.69 Å². The number of piperidine rings is 1. The largest absolute Gasteiger partial charge is 0.323 e. The molecule has 17 heavy (non-hydrogen) atoms. The zero-order valence-corrected chi connectivity index (χ0v) is 10.6. The highest BCUT2D eigenvalue weighted by atomic mass is 16.1. The average Bonchev–Trinajstić information content (AvgIpc) is 2.61. The van der Waals surface area contributed by atoms with Crippen LogP contribution in [0.25, 0.3) is 0 Å². The number of aromatic nitrogens is 2. The maximum atomic E-state index is 12.1. The van der Waals surface area contributed by atoms with E-state index < -0.39 is 0 Å². The van der Waals surface area contributed by atoms with Crippen LogP contribution in [0.15, 0.2) is 0 Å². The van der Waals surface area contributed by atoms with E-state index in [1.165, 1.54) is 0 Å². The highest BCUT2D eigenvalue weighted by molar-refractivity contribution is 5.93. The summed E-state index contributed by atoms with van der Waals surface area (Å²) in [4.78, 5) is 12.1. The number of aromatic amines is 1. The summed E-state index contributed by atoms with van der Waals surface area (Å²) in [6.07, 6.45) is 1.81. The standard InChI is InChI=1S/C12H20N4O/c1-7-6-10(4-5-13-7)12(17)14-11-8(2)15-16-9(11)3/h7,10,13H,4-6H2,1-3H3,(H,14,17)(H,15,16). The maximum Gasteiger partial charge on any atom is 0.227 e. The lowest BCUT2D eigenvalue weighted by molar-refractivity contribution is -0.120. The summed E-state index contributed by atoms with van der Waals surface area (Å²) in [5, 5.41) is 13.3. The number of rotatable bonds is 2. The molecule has 2 atom stereocenters. The van der Waals surface area contributed by atoms with Gasteiger partial charge in [-0.3, -0.25) is 9.89 Å². The molecule has 2 unspecified atom stereocenters. The molecule has 1 aliphatic rings. The zero-order valence-electron chi connectivity index (χ0n) is 10.6. The van der Waals surface area contributed by atoms with Gasteiger partial charge < -0.3 is 10.6 Å². The van der Waals surface area contributed by atoms with E-state index in [0.717, 1.165) is 36.5 Å². The molecule has 0 radical (unpaired) electrons. The van der Waals surface area contributed by atoms with Crippen molar-refractivity contribution in [1.29, 1.82) is 0 Å². The summed E-state index contributed by atoms with van der Waals surface area (Å²) in [7, 11) is 0. The lowest BCUT2D eigenvalue weighted by atomic mass is 9.92. The normalized spacial score (nSPS) is 24.6. The molecule has 0 spiro atoms. The monoisotopic (exact) mass is 236 g/mol. The van der Waals surface area contributed by atoms with Crippen molar-refractivity contribution in [3.05, 3.63) is 11.4 Å². The van der Waals surface area contributed by atoms with Crippen LogP contribution < -0.4 is 10.6 Å². The number of aryl methyl sites for hydroxylation is 2. The summed E-state index contributed by atoms with van der Waals surface area (Å²) in [5.41, 5.74) is 2.59. The van der Waals surface area contributed by atoms with Crippen LogP contribution in [0.5, 0.6) is 0 Å². The molecule has 1 aliphatic heterocycles. The fourth-order valence-corrected chi connectivity index (χ4v) is 2.33. The zero-order chi connectivity index (χ0) is 12.4. The van der Waals surface area contributed by atoms with Gasteiger partial charge in [0.15, 0.2) is 0 Å². The van der Waals surface area contributed by atoms with Crippen LogP contribution in [0.1, 0.15) is 31.2 Å². The molecule has 0 saturated carbocycles. The summed E-state index contributed by atoms with van der Waals surface area (Å²) in [6, 6.07) is 0.422. The number of nitrogens with one attached hydrogen (secondary N) is 3. The van der Waals surface area contributed by atoms with E-state index in [9.17, 15) is 4.79 Å². The van der Waals surface area contributed by atoms with E-state index in [2.05, 4.69) is 27.8 Å². The predicted octanol–water partition coefficient (Wildman–Crippen LogP) is 1.35. The first-order valence-corrected chi connectivity index (χ1v) is 6.13. The van der Waals surface area contributed by atoms with Crippen molar-refractivity contribution in [2.75, 3.05) is 11.9 Å². The average molecular weight is 236 g/mol. The number of amides is 1. The number of H-pyrrole nitrogens is 1. The van der Waals surface area contributed by atoms with Crippen molar-refractivity contribution in [3.63, 3.8) is 0 Å². The third kappa shape index (κ3) is 2.66. The van der Waals surface area contributed by atoms with Crippen molar-refractivity contribution in [1.82, 2.24) is 15.5 Å². The second kappa shape index (κ2) is 4.87. The summed E-state index contributed by atoms with van der Waals surface area (Å²) in [5.74, 6) is 0.228. The Kier molecular flexibility index (Phi) is 3.47. The third-order valence-corrected chi connectivity index (χ3v) is 3.37. The van der Waals surface area contributed by atoms with Crippen LogP contribution in [0.2, 0.25) is 0 Å². The summed E-state index contributed by atoms with van der Waals surface area (Å²) >= 11 is 0. The lowest BCUT2D eigenvalue weighted by Crippen LogP contribution is -2.40. The van der Waals surface area contributed by atoms with Crippen LogP contribution >= 0.6 is 0 Å². The van der Waals surface area contributed by atoms with Gasteiger partial charge in [-0.1, -0.05) is 0 Å². The van der Waals surface area contributed by atoms with Crippen molar-refractivity contribution < 1.29 is 4.79 Å². The Morgan fingerprint density at radius 1 is 1.47 bits per heavy atom. The van der Waals surface area contributed by atoms with Gasteiger partial charge in [0.2, 0.25) is 5.91 Å². The van der Waals surface area contributed by atoms with Gasteiger partial charge in [0.25, 0.3) is 0 Å². The Hall–Kier alpha value is -1.36. The fraction of sp³-hybridized carbons (Fsp3) is 0.667. The molecule has 94 valence electrons. The minimum atomic E-state index is 0.111. The van der Waals surface area contributed by atoms with Crippen LogP contribution in [-0.2, 0) is 4.79 Å². The Morgan fingerprint density at radius 2 is 2.24 bits per heavy atom. The molecule has 1 amide bonds. The lowest BCUT2D eigenvalue weighted by Gasteiger charge is -2.27. The Labute approximate surface area is 101 Å². The van der Waals surface area contributed by atoms with E-state index in [-0.39, 0.29) is 11.8 Å². The van der Waals surface area contributed by atoms with E-state index in [0.29, 0.717) is 6.04 Å². The number of anilines is 1.